The Hall–Kier alpha value is -1.02. The Bertz CT molecular complexity index is 469. The van der Waals surface area contributed by atoms with E-state index in [0.29, 0.717) is 18.1 Å². The van der Waals surface area contributed by atoms with E-state index in [2.05, 4.69) is 71.1 Å². The molecule has 1 aliphatic carbocycles. The molecule has 0 amide bonds. The van der Waals surface area contributed by atoms with Gasteiger partial charge >= 0.3 is 0 Å². The lowest BCUT2D eigenvalue weighted by Crippen LogP contribution is -2.53. The first-order valence-electron chi connectivity index (χ1n) is 8.76. The van der Waals surface area contributed by atoms with E-state index in [1.165, 1.54) is 5.56 Å². The highest BCUT2D eigenvalue weighted by Crippen LogP contribution is 2.28. The van der Waals surface area contributed by atoms with Gasteiger partial charge < -0.3 is 10.1 Å². The summed E-state index contributed by atoms with van der Waals surface area (Å²) in [5.74, 6) is 2.47. The van der Waals surface area contributed by atoms with Crippen molar-refractivity contribution in [2.45, 2.75) is 78.5 Å². The minimum Gasteiger partial charge on any atom is -0.490 e. The van der Waals surface area contributed by atoms with E-state index in [1.54, 1.807) is 0 Å². The predicted octanol–water partition coefficient (Wildman–Crippen LogP) is 4.82. The molecule has 1 N–H and O–H groups in total. The van der Waals surface area contributed by atoms with Crippen molar-refractivity contribution in [3.05, 3.63) is 29.8 Å². The zero-order valence-corrected chi connectivity index (χ0v) is 15.1. The fraction of sp³-hybridized carbons (Fsp3) is 0.700. The van der Waals surface area contributed by atoms with Gasteiger partial charge in [-0.25, -0.2) is 0 Å². The second-order valence-electron chi connectivity index (χ2n) is 8.38. The number of nitrogens with one attached hydrogen (secondary N) is 1. The van der Waals surface area contributed by atoms with Crippen molar-refractivity contribution in [1.29, 1.82) is 0 Å². The summed E-state index contributed by atoms with van der Waals surface area (Å²) < 4.78 is 6.14. The summed E-state index contributed by atoms with van der Waals surface area (Å²) in [6, 6.07) is 9.27. The lowest BCUT2D eigenvalue weighted by Gasteiger charge is -2.40. The number of rotatable bonds is 6. The summed E-state index contributed by atoms with van der Waals surface area (Å²) in [7, 11) is 0. The van der Waals surface area contributed by atoms with Gasteiger partial charge in [-0.1, -0.05) is 32.9 Å². The molecule has 0 aliphatic heterocycles. The Morgan fingerprint density at radius 2 is 1.86 bits per heavy atom. The Morgan fingerprint density at radius 1 is 1.18 bits per heavy atom. The van der Waals surface area contributed by atoms with Crippen LogP contribution in [0, 0.1) is 11.8 Å². The quantitative estimate of drug-likeness (QED) is 0.813. The number of hydrogen-bond donors (Lipinski definition) is 1. The smallest absolute Gasteiger partial charge is 0.119 e. The molecule has 0 aromatic heterocycles. The molecule has 124 valence electrons. The number of ether oxygens (including phenoxy) is 1. The molecule has 1 aliphatic rings. The van der Waals surface area contributed by atoms with Crippen LogP contribution in [-0.2, 0) is 6.42 Å². The van der Waals surface area contributed by atoms with Gasteiger partial charge in [0.1, 0.15) is 11.9 Å². The van der Waals surface area contributed by atoms with Gasteiger partial charge in [0.05, 0.1) is 0 Å². The molecule has 1 atom stereocenters. The fourth-order valence-corrected chi connectivity index (χ4v) is 2.94. The first-order valence-corrected chi connectivity index (χ1v) is 8.76. The zero-order chi connectivity index (χ0) is 16.3. The van der Waals surface area contributed by atoms with E-state index in [0.717, 1.165) is 30.9 Å². The largest absolute Gasteiger partial charge is 0.490 e. The zero-order valence-electron chi connectivity index (χ0n) is 15.1. The van der Waals surface area contributed by atoms with E-state index in [4.69, 9.17) is 4.74 Å². The molecule has 22 heavy (non-hydrogen) atoms. The van der Waals surface area contributed by atoms with E-state index >= 15 is 0 Å². The molecule has 1 saturated carbocycles. The summed E-state index contributed by atoms with van der Waals surface area (Å²) >= 11 is 0. The molecule has 1 aromatic rings. The summed E-state index contributed by atoms with van der Waals surface area (Å²) in [6.45, 7) is 13.6. The van der Waals surface area contributed by atoms with Crippen LogP contribution in [0.3, 0.4) is 0 Å². The molecule has 0 heterocycles. The first-order chi connectivity index (χ1) is 10.2. The van der Waals surface area contributed by atoms with Gasteiger partial charge in [-0.3, -0.25) is 0 Å². The van der Waals surface area contributed by atoms with Crippen molar-refractivity contribution in [3.8, 4) is 5.75 Å². The molecule has 0 spiro atoms. The van der Waals surface area contributed by atoms with Gasteiger partial charge in [0.2, 0.25) is 0 Å². The number of benzene rings is 1. The number of hydrogen-bond acceptors (Lipinski definition) is 2. The van der Waals surface area contributed by atoms with Crippen LogP contribution in [0.2, 0.25) is 0 Å². The van der Waals surface area contributed by atoms with Gasteiger partial charge in [-0.15, -0.1) is 0 Å². The summed E-state index contributed by atoms with van der Waals surface area (Å²) in [6.07, 6.45) is 3.74. The highest BCUT2D eigenvalue weighted by atomic mass is 16.5. The highest BCUT2D eigenvalue weighted by molar-refractivity contribution is 5.29. The first kappa shape index (κ1) is 17.3. The molecule has 1 fully saturated rings. The van der Waals surface area contributed by atoms with Crippen molar-refractivity contribution in [2.24, 2.45) is 11.8 Å². The molecule has 0 unspecified atom stereocenters. The van der Waals surface area contributed by atoms with Gasteiger partial charge in [0, 0.05) is 11.6 Å². The Labute approximate surface area is 136 Å². The second kappa shape index (κ2) is 7.04. The van der Waals surface area contributed by atoms with Crippen LogP contribution in [0.4, 0.5) is 0 Å². The minimum atomic E-state index is 0.197. The lowest BCUT2D eigenvalue weighted by molar-refractivity contribution is 0.0733. The lowest BCUT2D eigenvalue weighted by atomic mass is 9.87. The van der Waals surface area contributed by atoms with Crippen molar-refractivity contribution in [2.75, 3.05) is 0 Å². The van der Waals surface area contributed by atoms with E-state index in [-0.39, 0.29) is 5.54 Å². The molecule has 2 nitrogen and oxygen atoms in total. The third kappa shape index (κ3) is 5.31. The standard InChI is InChI=1S/C20H33NO/c1-14(2)15(3)10-16-8-7-9-18(11-16)22-19-12-17(13-19)21-20(4,5)6/h7-9,11,14-15,17,19,21H,10,12-13H2,1-6H3/t15-,17?,19?/m1/s1. The molecular weight excluding hydrogens is 270 g/mol. The maximum Gasteiger partial charge on any atom is 0.119 e. The van der Waals surface area contributed by atoms with Crippen molar-refractivity contribution < 1.29 is 4.74 Å². The van der Waals surface area contributed by atoms with Crippen LogP contribution in [0.15, 0.2) is 24.3 Å². The van der Waals surface area contributed by atoms with Crippen LogP contribution in [0.25, 0.3) is 0 Å². The van der Waals surface area contributed by atoms with Crippen LogP contribution >= 0.6 is 0 Å². The predicted molar refractivity (Wildman–Crippen MR) is 94.5 cm³/mol. The van der Waals surface area contributed by atoms with Crippen molar-refractivity contribution in [1.82, 2.24) is 5.32 Å². The van der Waals surface area contributed by atoms with Gasteiger partial charge in [-0.05, 0) is 69.6 Å². The summed E-state index contributed by atoms with van der Waals surface area (Å²) in [4.78, 5) is 0. The molecule has 0 radical (unpaired) electrons. The molecule has 0 saturated heterocycles. The topological polar surface area (TPSA) is 21.3 Å². The molecule has 0 bridgehead atoms. The summed E-state index contributed by atoms with van der Waals surface area (Å²) in [5.41, 5.74) is 1.59. The van der Waals surface area contributed by atoms with Crippen molar-refractivity contribution >= 4 is 0 Å². The van der Waals surface area contributed by atoms with Crippen LogP contribution < -0.4 is 10.1 Å². The average Bonchev–Trinajstić information content (AvgIpc) is 2.35. The van der Waals surface area contributed by atoms with Gasteiger partial charge in [0.25, 0.3) is 0 Å². The van der Waals surface area contributed by atoms with E-state index in [9.17, 15) is 0 Å². The Kier molecular flexibility index (Phi) is 5.55. The fourth-order valence-electron chi connectivity index (χ4n) is 2.94. The van der Waals surface area contributed by atoms with Crippen molar-refractivity contribution in [3.63, 3.8) is 0 Å². The molecular formula is C20H33NO. The third-order valence-corrected chi connectivity index (χ3v) is 4.63. The molecule has 2 rings (SSSR count). The highest BCUT2D eigenvalue weighted by Gasteiger charge is 2.33. The normalized spacial score (nSPS) is 23.2. The Morgan fingerprint density at radius 3 is 2.45 bits per heavy atom. The molecule has 2 heteroatoms. The van der Waals surface area contributed by atoms with Crippen LogP contribution in [0.5, 0.6) is 5.75 Å². The average molecular weight is 303 g/mol. The maximum absolute atomic E-state index is 6.14. The third-order valence-electron chi connectivity index (χ3n) is 4.63. The van der Waals surface area contributed by atoms with Gasteiger partial charge in [0.15, 0.2) is 0 Å². The monoisotopic (exact) mass is 303 g/mol. The van der Waals surface area contributed by atoms with Crippen LogP contribution in [-0.4, -0.2) is 17.7 Å². The summed E-state index contributed by atoms with van der Waals surface area (Å²) in [5, 5.41) is 3.64. The molecule has 1 aromatic carbocycles. The van der Waals surface area contributed by atoms with Gasteiger partial charge in [-0.2, -0.15) is 0 Å². The maximum atomic E-state index is 6.14. The van der Waals surface area contributed by atoms with E-state index < -0.39 is 0 Å². The SMILES string of the molecule is CC(C)[C@H](C)Cc1cccc(OC2CC(NC(C)(C)C)C2)c1. The second-order valence-corrected chi connectivity index (χ2v) is 8.38. The van der Waals surface area contributed by atoms with E-state index in [1.807, 2.05) is 0 Å². The van der Waals surface area contributed by atoms with Crippen LogP contribution in [0.1, 0.15) is 59.9 Å². The minimum absolute atomic E-state index is 0.197. The Balaban J connectivity index is 1.82.